The molecule has 4 nitrogen and oxygen atoms in total. The van der Waals surface area contributed by atoms with Gasteiger partial charge < -0.3 is 14.6 Å². The second kappa shape index (κ2) is 10.9. The maximum atomic E-state index is 9.10. The molecule has 118 valence electrons. The van der Waals surface area contributed by atoms with E-state index < -0.39 is 0 Å². The van der Waals surface area contributed by atoms with Gasteiger partial charge in [-0.1, -0.05) is 27.7 Å². The van der Waals surface area contributed by atoms with Crippen molar-refractivity contribution < 1.29 is 5.11 Å². The van der Waals surface area contributed by atoms with Crippen molar-refractivity contribution in [2.75, 3.05) is 20.1 Å². The molecule has 1 fully saturated rings. The molecule has 0 spiro atoms. The first-order valence-electron chi connectivity index (χ1n) is 8.00. The second-order valence-corrected chi connectivity index (χ2v) is 4.86. The van der Waals surface area contributed by atoms with Gasteiger partial charge in [0.1, 0.15) is 0 Å². The summed E-state index contributed by atoms with van der Waals surface area (Å²) in [7, 11) is 2.19. The molecule has 20 heavy (non-hydrogen) atoms. The lowest BCUT2D eigenvalue weighted by Gasteiger charge is -2.30. The van der Waals surface area contributed by atoms with Crippen molar-refractivity contribution in [2.24, 2.45) is 5.92 Å². The van der Waals surface area contributed by atoms with Crippen LogP contribution in [-0.2, 0) is 13.2 Å². The summed E-state index contributed by atoms with van der Waals surface area (Å²) < 4.78 is 2.18. The van der Waals surface area contributed by atoms with Crippen LogP contribution in [0, 0.1) is 12.8 Å². The fourth-order valence-electron chi connectivity index (χ4n) is 2.52. The fourth-order valence-corrected chi connectivity index (χ4v) is 2.52. The van der Waals surface area contributed by atoms with Crippen molar-refractivity contribution in [1.82, 2.24) is 14.5 Å². The Labute approximate surface area is 124 Å². The maximum Gasteiger partial charge on any atom is 0.0952 e. The molecule has 1 aliphatic heterocycles. The predicted octanol–water partition coefficient (Wildman–Crippen LogP) is 3.08. The van der Waals surface area contributed by atoms with Crippen LogP contribution in [0.3, 0.4) is 0 Å². The van der Waals surface area contributed by atoms with Crippen molar-refractivity contribution in [3.63, 3.8) is 0 Å². The van der Waals surface area contributed by atoms with Gasteiger partial charge in [0.25, 0.3) is 0 Å². The Bertz CT molecular complexity index is 349. The van der Waals surface area contributed by atoms with E-state index in [0.717, 1.165) is 23.9 Å². The Hall–Kier alpha value is -0.870. The molecule has 0 aliphatic carbocycles. The van der Waals surface area contributed by atoms with Crippen LogP contribution in [0.4, 0.5) is 0 Å². The van der Waals surface area contributed by atoms with E-state index in [4.69, 9.17) is 5.11 Å². The van der Waals surface area contributed by atoms with Gasteiger partial charge in [-0.15, -0.1) is 0 Å². The minimum absolute atomic E-state index is 0.0450. The summed E-state index contributed by atoms with van der Waals surface area (Å²) in [6, 6.07) is 0. The zero-order valence-corrected chi connectivity index (χ0v) is 14.2. The zero-order chi connectivity index (χ0) is 15.5. The van der Waals surface area contributed by atoms with Gasteiger partial charge in [0.2, 0.25) is 0 Å². The van der Waals surface area contributed by atoms with Gasteiger partial charge in [-0.3, -0.25) is 0 Å². The highest BCUT2D eigenvalue weighted by atomic mass is 16.3. The SMILES string of the molecule is CC.CC.Cc1c(CO)ncn1CC1CCCN(C)C1. The highest BCUT2D eigenvalue weighted by Crippen LogP contribution is 2.18. The van der Waals surface area contributed by atoms with Gasteiger partial charge >= 0.3 is 0 Å². The molecule has 1 atom stereocenters. The van der Waals surface area contributed by atoms with Crippen LogP contribution in [0.1, 0.15) is 51.9 Å². The Morgan fingerprint density at radius 3 is 2.45 bits per heavy atom. The molecule has 1 unspecified atom stereocenters. The molecule has 1 aliphatic rings. The number of rotatable bonds is 3. The topological polar surface area (TPSA) is 41.3 Å². The van der Waals surface area contributed by atoms with Gasteiger partial charge in [0.15, 0.2) is 0 Å². The van der Waals surface area contributed by atoms with E-state index in [-0.39, 0.29) is 6.61 Å². The normalized spacial score (nSPS) is 18.6. The number of piperidine rings is 1. The molecule has 1 aromatic heterocycles. The molecule has 0 amide bonds. The quantitative estimate of drug-likeness (QED) is 0.927. The molecular weight excluding hydrogens is 250 g/mol. The van der Waals surface area contributed by atoms with Crippen LogP contribution in [0.25, 0.3) is 0 Å². The van der Waals surface area contributed by atoms with Crippen LogP contribution >= 0.6 is 0 Å². The standard InChI is InChI=1S/C12H21N3O.2C2H6/c1-10-12(8-16)13-9-15(10)7-11-4-3-5-14(2)6-11;2*1-2/h9,11,16H,3-8H2,1-2H3;2*1-2H3. The first kappa shape index (κ1) is 19.1. The largest absolute Gasteiger partial charge is 0.390 e. The predicted molar refractivity (Wildman–Crippen MR) is 85.8 cm³/mol. The lowest BCUT2D eigenvalue weighted by atomic mass is 9.98. The van der Waals surface area contributed by atoms with Crippen molar-refractivity contribution in [1.29, 1.82) is 0 Å². The molecule has 2 heterocycles. The Morgan fingerprint density at radius 1 is 1.30 bits per heavy atom. The van der Waals surface area contributed by atoms with Gasteiger partial charge in [-0.25, -0.2) is 4.98 Å². The molecular formula is C16H33N3O. The lowest BCUT2D eigenvalue weighted by Crippen LogP contribution is -2.34. The van der Waals surface area contributed by atoms with Crippen LogP contribution in [0.5, 0.6) is 0 Å². The number of likely N-dealkylation sites (tertiary alicyclic amines) is 1. The van der Waals surface area contributed by atoms with E-state index in [1.165, 1.54) is 25.9 Å². The monoisotopic (exact) mass is 283 g/mol. The van der Waals surface area contributed by atoms with Crippen molar-refractivity contribution in [3.8, 4) is 0 Å². The summed E-state index contributed by atoms with van der Waals surface area (Å²) in [5.41, 5.74) is 1.92. The first-order chi connectivity index (χ1) is 9.70. The van der Waals surface area contributed by atoms with Gasteiger partial charge in [0.05, 0.1) is 18.6 Å². The third-order valence-electron chi connectivity index (χ3n) is 3.53. The minimum Gasteiger partial charge on any atom is -0.390 e. The van der Waals surface area contributed by atoms with Crippen LogP contribution in [0.15, 0.2) is 6.33 Å². The summed E-state index contributed by atoms with van der Waals surface area (Å²) in [5, 5.41) is 9.10. The molecule has 0 radical (unpaired) electrons. The van der Waals surface area contributed by atoms with Gasteiger partial charge in [-0.05, 0) is 39.3 Å². The Morgan fingerprint density at radius 2 is 1.95 bits per heavy atom. The van der Waals surface area contributed by atoms with Crippen molar-refractivity contribution >= 4 is 0 Å². The number of imidazole rings is 1. The number of hydrogen-bond donors (Lipinski definition) is 1. The van der Waals surface area contributed by atoms with E-state index >= 15 is 0 Å². The summed E-state index contributed by atoms with van der Waals surface area (Å²) in [5.74, 6) is 0.721. The highest BCUT2D eigenvalue weighted by Gasteiger charge is 2.18. The average molecular weight is 283 g/mol. The number of hydrogen-bond acceptors (Lipinski definition) is 3. The zero-order valence-electron chi connectivity index (χ0n) is 14.2. The van der Waals surface area contributed by atoms with Crippen LogP contribution < -0.4 is 0 Å². The van der Waals surface area contributed by atoms with E-state index in [1.54, 1.807) is 0 Å². The average Bonchev–Trinajstić information content (AvgIpc) is 2.84. The second-order valence-electron chi connectivity index (χ2n) is 4.86. The highest BCUT2D eigenvalue weighted by molar-refractivity contribution is 5.09. The minimum atomic E-state index is 0.0450. The third-order valence-corrected chi connectivity index (χ3v) is 3.53. The number of aliphatic hydroxyl groups is 1. The van der Waals surface area contributed by atoms with Crippen molar-refractivity contribution in [2.45, 2.75) is 60.6 Å². The summed E-state index contributed by atoms with van der Waals surface area (Å²) in [6.07, 6.45) is 4.45. The van der Waals surface area contributed by atoms with Crippen LogP contribution in [0.2, 0.25) is 0 Å². The number of aromatic nitrogens is 2. The van der Waals surface area contributed by atoms with E-state index in [0.29, 0.717) is 0 Å². The summed E-state index contributed by atoms with van der Waals surface area (Å²) >= 11 is 0. The maximum absolute atomic E-state index is 9.10. The third kappa shape index (κ3) is 5.63. The Kier molecular flexibility index (Phi) is 10.4. The molecule has 0 aromatic carbocycles. The Balaban J connectivity index is 0.000000829. The molecule has 1 N–H and O–H groups in total. The van der Waals surface area contributed by atoms with E-state index in [1.807, 2.05) is 40.9 Å². The first-order valence-corrected chi connectivity index (χ1v) is 8.00. The van der Waals surface area contributed by atoms with Crippen molar-refractivity contribution in [3.05, 3.63) is 17.7 Å². The molecule has 0 saturated carbocycles. The number of nitrogens with zero attached hydrogens (tertiary/aromatic N) is 3. The van der Waals surface area contributed by atoms with E-state index in [9.17, 15) is 0 Å². The fraction of sp³-hybridized carbons (Fsp3) is 0.812. The smallest absolute Gasteiger partial charge is 0.0952 e. The molecule has 0 bridgehead atoms. The van der Waals surface area contributed by atoms with Crippen LogP contribution in [-0.4, -0.2) is 39.7 Å². The lowest BCUT2D eigenvalue weighted by molar-refractivity contribution is 0.193. The summed E-state index contributed by atoms with van der Waals surface area (Å²) in [6.45, 7) is 13.5. The molecule has 2 rings (SSSR count). The molecule has 1 saturated heterocycles. The number of aliphatic hydroxyl groups excluding tert-OH is 1. The van der Waals surface area contributed by atoms with E-state index in [2.05, 4.69) is 21.5 Å². The molecule has 1 aromatic rings. The summed E-state index contributed by atoms with van der Waals surface area (Å²) in [4.78, 5) is 6.61. The molecule has 4 heteroatoms. The van der Waals surface area contributed by atoms with Gasteiger partial charge in [-0.2, -0.15) is 0 Å². The van der Waals surface area contributed by atoms with Gasteiger partial charge in [0, 0.05) is 18.8 Å².